The highest BCUT2D eigenvalue weighted by atomic mass is 16.5. The molecule has 7 nitrogen and oxygen atoms in total. The van der Waals surface area contributed by atoms with Crippen LogP contribution in [0.3, 0.4) is 0 Å². The molecule has 0 aromatic carbocycles. The molecule has 2 heterocycles. The number of aromatic nitrogens is 4. The van der Waals surface area contributed by atoms with Crippen molar-refractivity contribution in [1.82, 2.24) is 19.5 Å². The molecule has 0 unspecified atom stereocenters. The molecule has 3 N–H and O–H groups in total. The van der Waals surface area contributed by atoms with Gasteiger partial charge in [0.15, 0.2) is 11.2 Å². The molecule has 0 saturated carbocycles. The number of hydrogen-bond acceptors (Lipinski definition) is 6. The van der Waals surface area contributed by atoms with Crippen LogP contribution in [0.5, 0.6) is 5.88 Å². The molecular weight excluding hydrogens is 222 g/mol. The highest BCUT2D eigenvalue weighted by Gasteiger charge is 2.12. The number of nitrogen functional groups attached to an aromatic ring is 1. The van der Waals surface area contributed by atoms with Gasteiger partial charge in [0.25, 0.3) is 0 Å². The summed E-state index contributed by atoms with van der Waals surface area (Å²) in [6, 6.07) is 0. The molecule has 2 aromatic heterocycles. The Morgan fingerprint density at radius 2 is 2.24 bits per heavy atom. The fourth-order valence-electron chi connectivity index (χ4n) is 1.67. The van der Waals surface area contributed by atoms with Crippen molar-refractivity contribution in [3.05, 3.63) is 6.33 Å². The molecule has 92 valence electrons. The van der Waals surface area contributed by atoms with Crippen molar-refractivity contribution in [3.8, 4) is 5.88 Å². The van der Waals surface area contributed by atoms with Crippen LogP contribution in [0, 0.1) is 0 Å². The summed E-state index contributed by atoms with van der Waals surface area (Å²) in [4.78, 5) is 12.2. The molecule has 0 spiro atoms. The zero-order chi connectivity index (χ0) is 12.3. The average molecular weight is 237 g/mol. The van der Waals surface area contributed by atoms with Crippen LogP contribution in [0.4, 0.5) is 5.95 Å². The van der Waals surface area contributed by atoms with Gasteiger partial charge in [0, 0.05) is 13.2 Å². The van der Waals surface area contributed by atoms with E-state index in [1.807, 2.05) is 4.57 Å². The Balaban J connectivity index is 2.37. The van der Waals surface area contributed by atoms with E-state index in [0.29, 0.717) is 11.5 Å². The van der Waals surface area contributed by atoms with Crippen molar-refractivity contribution in [2.75, 3.05) is 19.5 Å². The number of ether oxygens (including phenoxy) is 1. The van der Waals surface area contributed by atoms with Crippen molar-refractivity contribution >= 4 is 17.1 Å². The monoisotopic (exact) mass is 237 g/mol. The second-order valence-corrected chi connectivity index (χ2v) is 3.63. The summed E-state index contributed by atoms with van der Waals surface area (Å²) in [7, 11) is 1.53. The van der Waals surface area contributed by atoms with Gasteiger partial charge in [-0.25, -0.2) is 4.98 Å². The standard InChI is InChI=1S/C10H15N5O2/c1-17-9-7-8(13-10(11)14-9)12-6-15(7)4-2-3-5-16/h6,16H,2-5H2,1H3,(H2,11,13,14). The summed E-state index contributed by atoms with van der Waals surface area (Å²) in [5, 5.41) is 8.75. The van der Waals surface area contributed by atoms with Gasteiger partial charge in [-0.2, -0.15) is 9.97 Å². The van der Waals surface area contributed by atoms with Gasteiger partial charge in [0.05, 0.1) is 13.4 Å². The predicted octanol–water partition coefficient (Wildman–Crippen LogP) is 0.190. The Morgan fingerprint density at radius 3 is 2.94 bits per heavy atom. The van der Waals surface area contributed by atoms with Crippen LogP contribution >= 0.6 is 0 Å². The summed E-state index contributed by atoms with van der Waals surface area (Å²) >= 11 is 0. The number of fused-ring (bicyclic) bond motifs is 1. The van der Waals surface area contributed by atoms with Crippen molar-refractivity contribution in [3.63, 3.8) is 0 Å². The van der Waals surface area contributed by atoms with E-state index < -0.39 is 0 Å². The van der Waals surface area contributed by atoms with E-state index in [1.165, 1.54) is 7.11 Å². The third-order valence-electron chi connectivity index (χ3n) is 2.46. The van der Waals surface area contributed by atoms with Gasteiger partial charge in [-0.15, -0.1) is 0 Å². The molecule has 0 aliphatic carbocycles. The highest BCUT2D eigenvalue weighted by molar-refractivity contribution is 5.77. The van der Waals surface area contributed by atoms with Crippen LogP contribution < -0.4 is 10.5 Å². The molecule has 2 rings (SSSR count). The van der Waals surface area contributed by atoms with Gasteiger partial charge in [0.2, 0.25) is 11.8 Å². The number of aliphatic hydroxyl groups excluding tert-OH is 1. The summed E-state index contributed by atoms with van der Waals surface area (Å²) in [5.74, 6) is 0.573. The lowest BCUT2D eigenvalue weighted by Gasteiger charge is -2.06. The van der Waals surface area contributed by atoms with E-state index >= 15 is 0 Å². The average Bonchev–Trinajstić information content (AvgIpc) is 2.71. The Bertz CT molecular complexity index is 511. The fraction of sp³-hybridized carbons (Fsp3) is 0.500. The molecule has 0 fully saturated rings. The number of methoxy groups -OCH3 is 1. The first-order valence-corrected chi connectivity index (χ1v) is 5.39. The number of hydrogen-bond donors (Lipinski definition) is 2. The lowest BCUT2D eigenvalue weighted by Crippen LogP contribution is -2.03. The summed E-state index contributed by atoms with van der Waals surface area (Å²) in [6.45, 7) is 0.925. The second kappa shape index (κ2) is 4.96. The molecule has 0 amide bonds. The molecule has 7 heteroatoms. The Morgan fingerprint density at radius 1 is 1.41 bits per heavy atom. The van der Waals surface area contributed by atoms with Crippen molar-refractivity contribution in [2.45, 2.75) is 19.4 Å². The summed E-state index contributed by atoms with van der Waals surface area (Å²) in [5.41, 5.74) is 6.81. The Labute approximate surface area is 98.3 Å². The fourth-order valence-corrected chi connectivity index (χ4v) is 1.67. The topological polar surface area (TPSA) is 99.1 Å². The maximum atomic E-state index is 8.75. The van der Waals surface area contributed by atoms with E-state index in [2.05, 4.69) is 15.0 Å². The molecule has 0 atom stereocenters. The van der Waals surface area contributed by atoms with Gasteiger partial charge in [-0.3, -0.25) is 0 Å². The zero-order valence-electron chi connectivity index (χ0n) is 9.63. The molecule has 17 heavy (non-hydrogen) atoms. The van der Waals surface area contributed by atoms with Gasteiger partial charge in [-0.05, 0) is 12.8 Å². The van der Waals surface area contributed by atoms with E-state index in [-0.39, 0.29) is 12.6 Å². The minimum absolute atomic E-state index is 0.148. The van der Waals surface area contributed by atoms with E-state index in [0.717, 1.165) is 24.9 Å². The van der Waals surface area contributed by atoms with Crippen LogP contribution in [-0.2, 0) is 6.54 Å². The molecular formula is C10H15N5O2. The largest absolute Gasteiger partial charge is 0.479 e. The number of imidazole rings is 1. The molecule has 0 aliphatic heterocycles. The predicted molar refractivity (Wildman–Crippen MR) is 62.6 cm³/mol. The highest BCUT2D eigenvalue weighted by Crippen LogP contribution is 2.22. The maximum Gasteiger partial charge on any atom is 0.245 e. The molecule has 0 saturated heterocycles. The number of anilines is 1. The van der Waals surface area contributed by atoms with Gasteiger partial charge >= 0.3 is 0 Å². The zero-order valence-corrected chi connectivity index (χ0v) is 9.63. The van der Waals surface area contributed by atoms with Gasteiger partial charge in [-0.1, -0.05) is 0 Å². The van der Waals surface area contributed by atoms with Crippen molar-refractivity contribution < 1.29 is 9.84 Å². The number of nitrogens with two attached hydrogens (primary N) is 1. The first-order valence-electron chi connectivity index (χ1n) is 5.39. The Hall–Kier alpha value is -1.89. The van der Waals surface area contributed by atoms with Crippen LogP contribution in [0.1, 0.15) is 12.8 Å². The maximum absolute atomic E-state index is 8.75. The number of unbranched alkanes of at least 4 members (excludes halogenated alkanes) is 1. The number of aryl methyl sites for hydroxylation is 1. The molecule has 2 aromatic rings. The van der Waals surface area contributed by atoms with E-state index in [9.17, 15) is 0 Å². The smallest absolute Gasteiger partial charge is 0.245 e. The van der Waals surface area contributed by atoms with Crippen molar-refractivity contribution in [1.29, 1.82) is 0 Å². The quantitative estimate of drug-likeness (QED) is 0.720. The summed E-state index contributed by atoms with van der Waals surface area (Å²) < 4.78 is 7.08. The Kier molecular flexibility index (Phi) is 3.38. The number of nitrogens with zero attached hydrogens (tertiary/aromatic N) is 4. The molecule has 0 radical (unpaired) electrons. The normalized spacial score (nSPS) is 10.9. The first kappa shape index (κ1) is 11.6. The third kappa shape index (κ3) is 2.28. The number of rotatable bonds is 5. The van der Waals surface area contributed by atoms with E-state index in [4.69, 9.17) is 15.6 Å². The lowest BCUT2D eigenvalue weighted by molar-refractivity contribution is 0.281. The minimum Gasteiger partial charge on any atom is -0.479 e. The lowest BCUT2D eigenvalue weighted by atomic mass is 10.3. The number of aliphatic hydroxyl groups is 1. The third-order valence-corrected chi connectivity index (χ3v) is 2.46. The molecule has 0 aliphatic rings. The van der Waals surface area contributed by atoms with Crippen LogP contribution in [0.15, 0.2) is 6.33 Å². The van der Waals surface area contributed by atoms with Gasteiger partial charge < -0.3 is 20.1 Å². The first-order chi connectivity index (χ1) is 8.26. The van der Waals surface area contributed by atoms with Crippen molar-refractivity contribution in [2.24, 2.45) is 0 Å². The summed E-state index contributed by atoms with van der Waals surface area (Å²) in [6.07, 6.45) is 3.28. The van der Waals surface area contributed by atoms with Crippen LogP contribution in [0.2, 0.25) is 0 Å². The minimum atomic E-state index is 0.148. The van der Waals surface area contributed by atoms with Gasteiger partial charge in [0.1, 0.15) is 0 Å². The van der Waals surface area contributed by atoms with Crippen LogP contribution in [-0.4, -0.2) is 38.3 Å². The second-order valence-electron chi connectivity index (χ2n) is 3.63. The SMILES string of the molecule is COc1nc(N)nc2ncn(CCCCO)c12. The van der Waals surface area contributed by atoms with Crippen LogP contribution in [0.25, 0.3) is 11.2 Å². The van der Waals surface area contributed by atoms with E-state index in [1.54, 1.807) is 6.33 Å². The molecule has 0 bridgehead atoms.